The summed E-state index contributed by atoms with van der Waals surface area (Å²) >= 11 is 1.36. The molecule has 0 bridgehead atoms. The summed E-state index contributed by atoms with van der Waals surface area (Å²) in [4.78, 5) is 21.2. The van der Waals surface area contributed by atoms with Gasteiger partial charge in [0.15, 0.2) is 5.13 Å². The Morgan fingerprint density at radius 1 is 1.35 bits per heavy atom. The molecule has 4 N–H and O–H groups in total. The van der Waals surface area contributed by atoms with Gasteiger partial charge in [-0.15, -0.1) is 0 Å². The molecular weight excluding hydrogens is 278 g/mol. The van der Waals surface area contributed by atoms with E-state index >= 15 is 0 Å². The van der Waals surface area contributed by atoms with E-state index in [0.29, 0.717) is 37.0 Å². The second-order valence-electron chi connectivity index (χ2n) is 5.11. The summed E-state index contributed by atoms with van der Waals surface area (Å²) in [6, 6.07) is 0.179. The Bertz CT molecular complexity index is 500. The van der Waals surface area contributed by atoms with Gasteiger partial charge in [-0.3, -0.25) is 4.79 Å². The summed E-state index contributed by atoms with van der Waals surface area (Å²) in [5, 5.41) is 0.798. The molecule has 0 aliphatic carbocycles. The quantitative estimate of drug-likeness (QED) is 0.780. The largest absolute Gasteiger partial charge is 0.382 e. The van der Waals surface area contributed by atoms with E-state index in [1.807, 2.05) is 0 Å². The Morgan fingerprint density at radius 2 is 2.10 bits per heavy atom. The molecule has 20 heavy (non-hydrogen) atoms. The Hall–Kier alpha value is -1.38. The van der Waals surface area contributed by atoms with E-state index in [9.17, 15) is 4.79 Å². The number of carbonyl (C=O) groups excluding carboxylic acids is 1. The molecule has 3 heterocycles. The van der Waals surface area contributed by atoms with Gasteiger partial charge in [-0.2, -0.15) is 0 Å². The molecule has 0 aromatic carbocycles. The number of nitrogens with two attached hydrogens (primary N) is 2. The third kappa shape index (κ3) is 2.58. The number of morpholine rings is 1. The van der Waals surface area contributed by atoms with E-state index < -0.39 is 0 Å². The first-order valence-corrected chi connectivity index (χ1v) is 7.60. The number of thiazole rings is 1. The van der Waals surface area contributed by atoms with Crippen molar-refractivity contribution < 1.29 is 9.53 Å². The number of hydrogen-bond acceptors (Lipinski definition) is 7. The molecule has 3 rings (SSSR count). The van der Waals surface area contributed by atoms with Crippen LogP contribution in [0.3, 0.4) is 0 Å². The Kier molecular flexibility index (Phi) is 3.77. The van der Waals surface area contributed by atoms with Gasteiger partial charge in [0.1, 0.15) is 10.7 Å². The van der Waals surface area contributed by atoms with Gasteiger partial charge < -0.3 is 26.0 Å². The number of nitrogen functional groups attached to an aromatic ring is 1. The maximum Gasteiger partial charge on any atom is 0.268 e. The molecule has 2 saturated heterocycles. The summed E-state index contributed by atoms with van der Waals surface area (Å²) in [5.41, 5.74) is 11.8. The highest BCUT2D eigenvalue weighted by molar-refractivity contribution is 7.18. The first kappa shape index (κ1) is 13.6. The van der Waals surface area contributed by atoms with Crippen LogP contribution >= 0.6 is 11.3 Å². The number of amides is 1. The third-order valence-corrected chi connectivity index (χ3v) is 4.75. The molecular formula is C12H19N5O2S. The first-order chi connectivity index (χ1) is 9.65. The SMILES string of the molecule is Nc1nc(N2CCC(N)C2)sc1C(=O)N1CCOCC1. The van der Waals surface area contributed by atoms with Crippen LogP contribution in [0.1, 0.15) is 16.1 Å². The summed E-state index contributed by atoms with van der Waals surface area (Å²) < 4.78 is 5.25. The van der Waals surface area contributed by atoms with Gasteiger partial charge in [-0.25, -0.2) is 4.98 Å². The van der Waals surface area contributed by atoms with Gasteiger partial charge in [0.05, 0.1) is 13.2 Å². The summed E-state index contributed by atoms with van der Waals surface area (Å²) in [7, 11) is 0. The van der Waals surface area contributed by atoms with E-state index in [1.165, 1.54) is 11.3 Å². The number of anilines is 2. The minimum atomic E-state index is -0.0435. The predicted molar refractivity (Wildman–Crippen MR) is 78.1 cm³/mol. The highest BCUT2D eigenvalue weighted by atomic mass is 32.1. The van der Waals surface area contributed by atoms with Crippen LogP contribution in [0.4, 0.5) is 10.9 Å². The predicted octanol–water partition coefficient (Wildman–Crippen LogP) is -0.265. The molecule has 0 spiro atoms. The molecule has 0 radical (unpaired) electrons. The van der Waals surface area contributed by atoms with Gasteiger partial charge in [0.2, 0.25) is 0 Å². The van der Waals surface area contributed by atoms with Crippen molar-refractivity contribution in [2.75, 3.05) is 50.0 Å². The van der Waals surface area contributed by atoms with Gasteiger partial charge in [0.25, 0.3) is 5.91 Å². The van der Waals surface area contributed by atoms with Gasteiger partial charge in [0, 0.05) is 32.2 Å². The van der Waals surface area contributed by atoms with E-state index in [-0.39, 0.29) is 11.9 Å². The first-order valence-electron chi connectivity index (χ1n) is 6.79. The van der Waals surface area contributed by atoms with Crippen molar-refractivity contribution in [1.29, 1.82) is 0 Å². The van der Waals surface area contributed by atoms with Crippen LogP contribution in [0.25, 0.3) is 0 Å². The Labute approximate surface area is 121 Å². The van der Waals surface area contributed by atoms with Crippen LogP contribution in [0.5, 0.6) is 0 Å². The maximum absolute atomic E-state index is 12.4. The highest BCUT2D eigenvalue weighted by Gasteiger charge is 2.27. The molecule has 1 aromatic rings. The standard InChI is InChI=1S/C12H19N5O2S/c13-8-1-2-17(7-8)12-15-10(14)9(20-12)11(18)16-3-5-19-6-4-16/h8H,1-7,13-14H2. The number of aromatic nitrogens is 1. The second kappa shape index (κ2) is 5.55. The zero-order valence-corrected chi connectivity index (χ0v) is 12.1. The minimum absolute atomic E-state index is 0.0435. The minimum Gasteiger partial charge on any atom is -0.382 e. The Morgan fingerprint density at radius 3 is 2.75 bits per heavy atom. The normalized spacial score (nSPS) is 23.4. The monoisotopic (exact) mass is 297 g/mol. The number of ether oxygens (including phenoxy) is 1. The molecule has 1 amide bonds. The van der Waals surface area contributed by atoms with Crippen LogP contribution in [0.15, 0.2) is 0 Å². The summed E-state index contributed by atoms with van der Waals surface area (Å²) in [6.07, 6.45) is 0.951. The summed E-state index contributed by atoms with van der Waals surface area (Å²) in [5.74, 6) is 0.278. The van der Waals surface area contributed by atoms with Gasteiger partial charge >= 0.3 is 0 Å². The van der Waals surface area contributed by atoms with Crippen molar-refractivity contribution in [2.45, 2.75) is 12.5 Å². The molecule has 1 unspecified atom stereocenters. The lowest BCUT2D eigenvalue weighted by atomic mass is 10.3. The number of rotatable bonds is 2. The Balaban J connectivity index is 1.76. The van der Waals surface area contributed by atoms with Crippen LogP contribution < -0.4 is 16.4 Å². The molecule has 7 nitrogen and oxygen atoms in total. The lowest BCUT2D eigenvalue weighted by Crippen LogP contribution is -2.40. The van der Waals surface area contributed by atoms with Crippen LogP contribution in [-0.4, -0.2) is 61.2 Å². The second-order valence-corrected chi connectivity index (χ2v) is 6.09. The molecule has 1 aromatic heterocycles. The number of nitrogens with zero attached hydrogens (tertiary/aromatic N) is 3. The molecule has 1 atom stereocenters. The number of carbonyl (C=O) groups is 1. The van der Waals surface area contributed by atoms with Crippen LogP contribution in [0.2, 0.25) is 0 Å². The van der Waals surface area contributed by atoms with Crippen molar-refractivity contribution in [1.82, 2.24) is 9.88 Å². The van der Waals surface area contributed by atoms with E-state index in [2.05, 4.69) is 9.88 Å². The van der Waals surface area contributed by atoms with Crippen molar-refractivity contribution in [2.24, 2.45) is 5.73 Å². The molecule has 2 aliphatic heterocycles. The van der Waals surface area contributed by atoms with E-state index in [0.717, 1.165) is 24.6 Å². The van der Waals surface area contributed by atoms with E-state index in [4.69, 9.17) is 16.2 Å². The van der Waals surface area contributed by atoms with Crippen molar-refractivity contribution >= 4 is 28.2 Å². The molecule has 2 fully saturated rings. The van der Waals surface area contributed by atoms with Crippen molar-refractivity contribution in [3.63, 3.8) is 0 Å². The number of hydrogen-bond donors (Lipinski definition) is 2. The van der Waals surface area contributed by atoms with Crippen LogP contribution in [-0.2, 0) is 4.74 Å². The average molecular weight is 297 g/mol. The lowest BCUT2D eigenvalue weighted by molar-refractivity contribution is 0.0306. The molecule has 2 aliphatic rings. The zero-order chi connectivity index (χ0) is 14.1. The topological polar surface area (TPSA) is 97.7 Å². The molecule has 8 heteroatoms. The maximum atomic E-state index is 12.4. The zero-order valence-electron chi connectivity index (χ0n) is 11.2. The fourth-order valence-corrected chi connectivity index (χ4v) is 3.47. The third-order valence-electron chi connectivity index (χ3n) is 3.63. The van der Waals surface area contributed by atoms with E-state index in [1.54, 1.807) is 4.90 Å². The fourth-order valence-electron chi connectivity index (χ4n) is 2.48. The van der Waals surface area contributed by atoms with Crippen molar-refractivity contribution in [3.8, 4) is 0 Å². The van der Waals surface area contributed by atoms with Gasteiger partial charge in [-0.05, 0) is 6.42 Å². The summed E-state index contributed by atoms with van der Waals surface area (Å²) in [6.45, 7) is 4.04. The molecule has 110 valence electrons. The lowest BCUT2D eigenvalue weighted by Gasteiger charge is -2.26. The highest BCUT2D eigenvalue weighted by Crippen LogP contribution is 2.31. The molecule has 0 saturated carbocycles. The van der Waals surface area contributed by atoms with Crippen molar-refractivity contribution in [3.05, 3.63) is 4.88 Å². The smallest absolute Gasteiger partial charge is 0.268 e. The fraction of sp³-hybridized carbons (Fsp3) is 0.667. The van der Waals surface area contributed by atoms with Crippen LogP contribution in [0, 0.1) is 0 Å². The van der Waals surface area contributed by atoms with Gasteiger partial charge in [-0.1, -0.05) is 11.3 Å². The average Bonchev–Trinajstić information content (AvgIpc) is 3.05.